The van der Waals surface area contributed by atoms with Crippen LogP contribution in [-0.4, -0.2) is 15.8 Å². The average Bonchev–Trinajstić information content (AvgIpc) is 3.33. The highest BCUT2D eigenvalue weighted by Gasteiger charge is 2.14. The molecule has 0 radical (unpaired) electrons. The van der Waals surface area contributed by atoms with Gasteiger partial charge in [0.15, 0.2) is 5.78 Å². The molecule has 0 atom stereocenters. The second kappa shape index (κ2) is 6.47. The second-order valence-electron chi connectivity index (χ2n) is 5.20. The van der Waals surface area contributed by atoms with Gasteiger partial charge in [0.05, 0.1) is 0 Å². The molecule has 3 nitrogen and oxygen atoms in total. The van der Waals surface area contributed by atoms with Gasteiger partial charge < -0.3 is 0 Å². The minimum Gasteiger partial charge on any atom is -0.289 e. The summed E-state index contributed by atoms with van der Waals surface area (Å²) in [7, 11) is 0. The van der Waals surface area contributed by atoms with Crippen LogP contribution in [0.5, 0.6) is 0 Å². The summed E-state index contributed by atoms with van der Waals surface area (Å²) in [6.45, 7) is 0. The number of rotatable bonds is 4. The Morgan fingerprint density at radius 1 is 0.708 bits per heavy atom. The molecule has 4 aromatic heterocycles. The summed E-state index contributed by atoms with van der Waals surface area (Å²) < 4.78 is 0. The first-order valence-electron chi connectivity index (χ1n) is 7.34. The minimum absolute atomic E-state index is 0.0584. The van der Waals surface area contributed by atoms with Crippen molar-refractivity contribution in [1.29, 1.82) is 0 Å². The van der Waals surface area contributed by atoms with Gasteiger partial charge in [0.25, 0.3) is 0 Å². The molecule has 0 aromatic carbocycles. The SMILES string of the molecule is O=C(c1csc(-c2ccncc2)c1)c1csc(-c2ccncc2)c1. The van der Waals surface area contributed by atoms with Crippen molar-refractivity contribution in [2.45, 2.75) is 0 Å². The lowest BCUT2D eigenvalue weighted by Crippen LogP contribution is -1.96. The van der Waals surface area contributed by atoms with E-state index in [0.717, 1.165) is 32.0 Å². The maximum absolute atomic E-state index is 12.7. The summed E-state index contributed by atoms with van der Waals surface area (Å²) in [5.74, 6) is 0.0584. The molecule has 116 valence electrons. The van der Waals surface area contributed by atoms with Gasteiger partial charge in [-0.1, -0.05) is 0 Å². The monoisotopic (exact) mass is 348 g/mol. The van der Waals surface area contributed by atoms with Gasteiger partial charge >= 0.3 is 0 Å². The van der Waals surface area contributed by atoms with Crippen molar-refractivity contribution in [3.63, 3.8) is 0 Å². The van der Waals surface area contributed by atoms with Crippen LogP contribution < -0.4 is 0 Å². The molecular weight excluding hydrogens is 336 g/mol. The number of aromatic nitrogens is 2. The van der Waals surface area contributed by atoms with E-state index in [9.17, 15) is 4.79 Å². The van der Waals surface area contributed by atoms with Crippen LogP contribution in [0.3, 0.4) is 0 Å². The third-order valence-electron chi connectivity index (χ3n) is 3.65. The van der Waals surface area contributed by atoms with E-state index in [1.165, 1.54) is 0 Å². The number of thiophene rings is 2. The molecule has 0 N–H and O–H groups in total. The average molecular weight is 348 g/mol. The highest BCUT2D eigenvalue weighted by Crippen LogP contribution is 2.31. The summed E-state index contributed by atoms with van der Waals surface area (Å²) in [6.07, 6.45) is 7.04. The maximum atomic E-state index is 12.7. The van der Waals surface area contributed by atoms with Crippen LogP contribution in [0.4, 0.5) is 0 Å². The molecule has 0 aliphatic carbocycles. The van der Waals surface area contributed by atoms with E-state index >= 15 is 0 Å². The van der Waals surface area contributed by atoms with Gasteiger partial charge in [-0.3, -0.25) is 14.8 Å². The standard InChI is InChI=1S/C19H12N2OS2/c22-19(15-9-17(23-11-15)13-1-5-20-6-2-13)16-10-18(24-12-16)14-3-7-21-8-4-14/h1-12H. The fraction of sp³-hybridized carbons (Fsp3) is 0. The van der Waals surface area contributed by atoms with Crippen LogP contribution in [0, 0.1) is 0 Å². The Balaban J connectivity index is 1.61. The molecule has 0 amide bonds. The lowest BCUT2D eigenvalue weighted by molar-refractivity contribution is 0.103. The van der Waals surface area contributed by atoms with Crippen LogP contribution in [0.15, 0.2) is 71.9 Å². The summed E-state index contributed by atoms with van der Waals surface area (Å²) in [5, 5.41) is 3.84. The predicted octanol–water partition coefficient (Wildman–Crippen LogP) is 5.16. The molecule has 0 bridgehead atoms. The van der Waals surface area contributed by atoms with Gasteiger partial charge in [0, 0.05) is 56.4 Å². The molecule has 5 heteroatoms. The van der Waals surface area contributed by atoms with Gasteiger partial charge in [-0.05, 0) is 47.5 Å². The van der Waals surface area contributed by atoms with E-state index in [2.05, 4.69) is 9.97 Å². The molecule has 0 saturated heterocycles. The summed E-state index contributed by atoms with van der Waals surface area (Å²) >= 11 is 3.15. The topological polar surface area (TPSA) is 42.9 Å². The number of ketones is 1. The van der Waals surface area contributed by atoms with E-state index in [0.29, 0.717) is 0 Å². The molecule has 4 heterocycles. The Bertz CT molecular complexity index is 895. The fourth-order valence-corrected chi connectivity index (χ4v) is 4.20. The number of nitrogens with zero attached hydrogens (tertiary/aromatic N) is 2. The summed E-state index contributed by atoms with van der Waals surface area (Å²) in [6, 6.07) is 11.7. The Kier molecular flexibility index (Phi) is 4.02. The lowest BCUT2D eigenvalue weighted by Gasteiger charge is -1.96. The molecule has 0 aliphatic heterocycles. The first-order valence-corrected chi connectivity index (χ1v) is 9.10. The van der Waals surface area contributed by atoms with E-state index in [1.54, 1.807) is 47.5 Å². The molecule has 0 aliphatic rings. The lowest BCUT2D eigenvalue weighted by atomic mass is 10.1. The van der Waals surface area contributed by atoms with Gasteiger partial charge in [-0.15, -0.1) is 22.7 Å². The molecule has 0 spiro atoms. The maximum Gasteiger partial charge on any atom is 0.194 e. The van der Waals surface area contributed by atoms with Crippen LogP contribution in [0.25, 0.3) is 20.9 Å². The van der Waals surface area contributed by atoms with Crippen molar-refractivity contribution in [1.82, 2.24) is 9.97 Å². The quantitative estimate of drug-likeness (QED) is 0.478. The van der Waals surface area contributed by atoms with Crippen LogP contribution in [0.2, 0.25) is 0 Å². The zero-order valence-corrected chi connectivity index (χ0v) is 14.2. The Morgan fingerprint density at radius 2 is 1.12 bits per heavy atom. The second-order valence-corrected chi connectivity index (χ2v) is 7.02. The van der Waals surface area contributed by atoms with Crippen molar-refractivity contribution >= 4 is 28.5 Å². The van der Waals surface area contributed by atoms with Crippen molar-refractivity contribution < 1.29 is 4.79 Å². The van der Waals surface area contributed by atoms with Crippen molar-refractivity contribution in [3.8, 4) is 20.9 Å². The minimum atomic E-state index is 0.0584. The van der Waals surface area contributed by atoms with Gasteiger partial charge in [-0.25, -0.2) is 0 Å². The molecule has 0 saturated carbocycles. The van der Waals surface area contributed by atoms with Crippen LogP contribution >= 0.6 is 22.7 Å². The van der Waals surface area contributed by atoms with E-state index in [1.807, 2.05) is 47.2 Å². The van der Waals surface area contributed by atoms with Crippen molar-refractivity contribution in [3.05, 3.63) is 83.1 Å². The number of pyridine rings is 2. The van der Waals surface area contributed by atoms with Crippen molar-refractivity contribution in [2.75, 3.05) is 0 Å². The third kappa shape index (κ3) is 2.91. The molecule has 24 heavy (non-hydrogen) atoms. The first kappa shape index (κ1) is 14.9. The molecule has 0 fully saturated rings. The number of hydrogen-bond acceptors (Lipinski definition) is 5. The van der Waals surface area contributed by atoms with Crippen molar-refractivity contribution in [2.24, 2.45) is 0 Å². The van der Waals surface area contributed by atoms with Crippen LogP contribution in [-0.2, 0) is 0 Å². The highest BCUT2D eigenvalue weighted by atomic mass is 32.1. The molecule has 4 rings (SSSR count). The first-order chi connectivity index (χ1) is 11.8. The van der Waals surface area contributed by atoms with Gasteiger partial charge in [0.1, 0.15) is 0 Å². The summed E-state index contributed by atoms with van der Waals surface area (Å²) in [4.78, 5) is 22.9. The molecule has 0 unspecified atom stereocenters. The smallest absolute Gasteiger partial charge is 0.194 e. The van der Waals surface area contributed by atoms with E-state index < -0.39 is 0 Å². The predicted molar refractivity (Wildman–Crippen MR) is 98.5 cm³/mol. The zero-order chi connectivity index (χ0) is 16.4. The Hall–Kier alpha value is -2.63. The molecule has 4 aromatic rings. The van der Waals surface area contributed by atoms with Gasteiger partial charge in [0.2, 0.25) is 0 Å². The number of carbonyl (C=O) groups excluding carboxylic acids is 1. The Labute approximate surface area is 147 Å². The van der Waals surface area contributed by atoms with Crippen LogP contribution in [0.1, 0.15) is 15.9 Å². The molecular formula is C19H12N2OS2. The third-order valence-corrected chi connectivity index (χ3v) is 5.61. The fourth-order valence-electron chi connectivity index (χ4n) is 2.41. The Morgan fingerprint density at radius 3 is 1.54 bits per heavy atom. The summed E-state index contributed by atoms with van der Waals surface area (Å²) in [5.41, 5.74) is 3.62. The normalized spacial score (nSPS) is 10.7. The highest BCUT2D eigenvalue weighted by molar-refractivity contribution is 7.14. The zero-order valence-electron chi connectivity index (χ0n) is 12.5. The largest absolute Gasteiger partial charge is 0.289 e. The van der Waals surface area contributed by atoms with Gasteiger partial charge in [-0.2, -0.15) is 0 Å². The van der Waals surface area contributed by atoms with E-state index in [-0.39, 0.29) is 5.78 Å². The van der Waals surface area contributed by atoms with E-state index in [4.69, 9.17) is 0 Å². The number of hydrogen-bond donors (Lipinski definition) is 0. The number of carbonyl (C=O) groups is 1.